The molecule has 0 heterocycles. The molecule has 0 N–H and O–H groups in total. The number of carbonyl (C=O) groups excluding carboxylic acids is 1. The van der Waals surface area contributed by atoms with Crippen LogP contribution >= 0.6 is 0 Å². The summed E-state index contributed by atoms with van der Waals surface area (Å²) >= 11 is 0. The van der Waals surface area contributed by atoms with E-state index >= 15 is 0 Å². The van der Waals surface area contributed by atoms with Crippen LogP contribution in [0.15, 0.2) is 30.3 Å². The number of esters is 1. The molecule has 0 aliphatic carbocycles. The van der Waals surface area contributed by atoms with Gasteiger partial charge < -0.3 is 4.74 Å². The van der Waals surface area contributed by atoms with Gasteiger partial charge in [0.05, 0.1) is 12.5 Å². The van der Waals surface area contributed by atoms with Crippen molar-refractivity contribution in [2.45, 2.75) is 46.0 Å². The Morgan fingerprint density at radius 1 is 1.11 bits per heavy atom. The lowest BCUT2D eigenvalue weighted by Crippen LogP contribution is -2.18. The van der Waals surface area contributed by atoms with E-state index in [1.165, 1.54) is 5.56 Å². The van der Waals surface area contributed by atoms with Crippen molar-refractivity contribution in [3.05, 3.63) is 35.9 Å². The van der Waals surface area contributed by atoms with E-state index in [4.69, 9.17) is 4.74 Å². The molecule has 0 aliphatic rings. The highest BCUT2D eigenvalue weighted by Gasteiger charge is 2.17. The van der Waals surface area contributed by atoms with Crippen LogP contribution in [0, 0.1) is 5.92 Å². The lowest BCUT2D eigenvalue weighted by Gasteiger charge is -2.14. The van der Waals surface area contributed by atoms with Gasteiger partial charge in [-0.25, -0.2) is 0 Å². The first-order chi connectivity index (χ1) is 8.77. The van der Waals surface area contributed by atoms with Crippen molar-refractivity contribution in [1.29, 1.82) is 0 Å². The topological polar surface area (TPSA) is 26.3 Å². The Kier molecular flexibility index (Phi) is 7.16. The zero-order chi connectivity index (χ0) is 13.2. The van der Waals surface area contributed by atoms with Crippen LogP contribution < -0.4 is 0 Å². The molecule has 0 saturated heterocycles. The van der Waals surface area contributed by atoms with Gasteiger partial charge in [0.25, 0.3) is 0 Å². The molecule has 0 atom stereocenters. The van der Waals surface area contributed by atoms with E-state index in [1.807, 2.05) is 18.2 Å². The predicted octanol–water partition coefficient (Wildman–Crippen LogP) is 3.99. The molecule has 0 aromatic heterocycles. The summed E-state index contributed by atoms with van der Waals surface area (Å²) in [6, 6.07) is 10.1. The molecule has 1 aromatic rings. The molecule has 2 heteroatoms. The summed E-state index contributed by atoms with van der Waals surface area (Å²) in [6.45, 7) is 4.71. The molecular formula is C16H24O2. The van der Waals surface area contributed by atoms with Crippen LogP contribution in [-0.4, -0.2) is 12.6 Å². The van der Waals surface area contributed by atoms with Gasteiger partial charge in [-0.1, -0.05) is 57.0 Å². The van der Waals surface area contributed by atoms with Crippen molar-refractivity contribution in [3.8, 4) is 0 Å². The fourth-order valence-corrected chi connectivity index (χ4v) is 2.11. The van der Waals surface area contributed by atoms with Crippen molar-refractivity contribution < 1.29 is 9.53 Å². The molecule has 18 heavy (non-hydrogen) atoms. The highest BCUT2D eigenvalue weighted by atomic mass is 16.5. The lowest BCUT2D eigenvalue weighted by molar-refractivity contribution is -0.149. The fourth-order valence-electron chi connectivity index (χ4n) is 2.11. The first-order valence-electron chi connectivity index (χ1n) is 6.98. The SMILES string of the molecule is CCCC(CCC)C(=O)OCCc1ccccc1. The van der Waals surface area contributed by atoms with Crippen molar-refractivity contribution in [2.24, 2.45) is 5.92 Å². The molecule has 100 valence electrons. The Morgan fingerprint density at radius 2 is 1.72 bits per heavy atom. The van der Waals surface area contributed by atoms with E-state index < -0.39 is 0 Å². The maximum absolute atomic E-state index is 11.9. The van der Waals surface area contributed by atoms with Gasteiger partial charge in [-0.3, -0.25) is 4.79 Å². The summed E-state index contributed by atoms with van der Waals surface area (Å²) in [6.07, 6.45) is 4.77. The quantitative estimate of drug-likeness (QED) is 0.650. The van der Waals surface area contributed by atoms with E-state index in [9.17, 15) is 4.79 Å². The number of benzene rings is 1. The van der Waals surface area contributed by atoms with Crippen LogP contribution in [0.4, 0.5) is 0 Å². The molecular weight excluding hydrogens is 224 g/mol. The van der Waals surface area contributed by atoms with Crippen molar-refractivity contribution in [2.75, 3.05) is 6.61 Å². The Hall–Kier alpha value is -1.31. The fraction of sp³-hybridized carbons (Fsp3) is 0.562. The summed E-state index contributed by atoms with van der Waals surface area (Å²) in [5.74, 6) is 0.0744. The van der Waals surface area contributed by atoms with Crippen molar-refractivity contribution in [1.82, 2.24) is 0 Å². The Bertz CT molecular complexity index is 326. The van der Waals surface area contributed by atoms with Crippen LogP contribution in [0.2, 0.25) is 0 Å². The average molecular weight is 248 g/mol. The van der Waals surface area contributed by atoms with Crippen LogP contribution in [0.25, 0.3) is 0 Å². The lowest BCUT2D eigenvalue weighted by atomic mass is 9.99. The van der Waals surface area contributed by atoms with Gasteiger partial charge in [-0.05, 0) is 18.4 Å². The standard InChI is InChI=1S/C16H24O2/c1-3-8-15(9-4-2)16(17)18-13-12-14-10-6-5-7-11-14/h5-7,10-11,15H,3-4,8-9,12-13H2,1-2H3. The number of carbonyl (C=O) groups is 1. The summed E-state index contributed by atoms with van der Waals surface area (Å²) < 4.78 is 5.37. The van der Waals surface area contributed by atoms with Gasteiger partial charge in [0.15, 0.2) is 0 Å². The van der Waals surface area contributed by atoms with Gasteiger partial charge in [0.1, 0.15) is 0 Å². The Labute approximate surface area is 110 Å². The Morgan fingerprint density at radius 3 is 2.28 bits per heavy atom. The number of ether oxygens (including phenoxy) is 1. The zero-order valence-corrected chi connectivity index (χ0v) is 11.5. The number of hydrogen-bond acceptors (Lipinski definition) is 2. The van der Waals surface area contributed by atoms with Crippen LogP contribution in [0.1, 0.15) is 45.1 Å². The third-order valence-electron chi connectivity index (χ3n) is 3.09. The number of hydrogen-bond donors (Lipinski definition) is 0. The summed E-state index contributed by atoms with van der Waals surface area (Å²) in [4.78, 5) is 11.9. The molecule has 0 unspecified atom stereocenters. The van der Waals surface area contributed by atoms with Crippen LogP contribution in [0.5, 0.6) is 0 Å². The van der Waals surface area contributed by atoms with Gasteiger partial charge >= 0.3 is 5.97 Å². The maximum atomic E-state index is 11.9. The molecule has 0 amide bonds. The minimum atomic E-state index is -0.0189. The molecule has 0 aliphatic heterocycles. The highest BCUT2D eigenvalue weighted by Crippen LogP contribution is 2.15. The van der Waals surface area contributed by atoms with Crippen molar-refractivity contribution in [3.63, 3.8) is 0 Å². The van der Waals surface area contributed by atoms with Crippen molar-refractivity contribution >= 4 is 5.97 Å². The summed E-state index contributed by atoms with van der Waals surface area (Å²) in [5, 5.41) is 0. The molecule has 0 fully saturated rings. The van der Waals surface area contributed by atoms with E-state index in [2.05, 4.69) is 26.0 Å². The monoisotopic (exact) mass is 248 g/mol. The van der Waals surface area contributed by atoms with Crippen LogP contribution in [-0.2, 0) is 16.0 Å². The molecule has 1 rings (SSSR count). The first kappa shape index (κ1) is 14.7. The van der Waals surface area contributed by atoms with E-state index in [-0.39, 0.29) is 11.9 Å². The number of rotatable bonds is 8. The molecule has 2 nitrogen and oxygen atoms in total. The van der Waals surface area contributed by atoms with E-state index in [0.29, 0.717) is 6.61 Å². The second-order valence-electron chi connectivity index (χ2n) is 4.68. The van der Waals surface area contributed by atoms with E-state index in [0.717, 1.165) is 32.1 Å². The second-order valence-corrected chi connectivity index (χ2v) is 4.68. The molecule has 1 aromatic carbocycles. The van der Waals surface area contributed by atoms with E-state index in [1.54, 1.807) is 0 Å². The molecule has 0 spiro atoms. The van der Waals surface area contributed by atoms with Gasteiger partial charge in [-0.15, -0.1) is 0 Å². The normalized spacial score (nSPS) is 10.6. The smallest absolute Gasteiger partial charge is 0.308 e. The predicted molar refractivity (Wildman–Crippen MR) is 74.4 cm³/mol. The Balaban J connectivity index is 2.30. The molecule has 0 bridgehead atoms. The highest BCUT2D eigenvalue weighted by molar-refractivity contribution is 5.72. The second kappa shape index (κ2) is 8.73. The third kappa shape index (κ3) is 5.35. The summed E-state index contributed by atoms with van der Waals surface area (Å²) in [7, 11) is 0. The van der Waals surface area contributed by atoms with Crippen LogP contribution in [0.3, 0.4) is 0 Å². The molecule has 0 saturated carbocycles. The molecule has 0 radical (unpaired) electrons. The maximum Gasteiger partial charge on any atom is 0.308 e. The minimum absolute atomic E-state index is 0.0189. The zero-order valence-electron chi connectivity index (χ0n) is 11.5. The minimum Gasteiger partial charge on any atom is -0.465 e. The average Bonchev–Trinajstić information content (AvgIpc) is 2.39. The first-order valence-corrected chi connectivity index (χ1v) is 6.98. The largest absolute Gasteiger partial charge is 0.465 e. The van der Waals surface area contributed by atoms with Gasteiger partial charge in [-0.2, -0.15) is 0 Å². The third-order valence-corrected chi connectivity index (χ3v) is 3.09. The summed E-state index contributed by atoms with van der Waals surface area (Å²) in [5.41, 5.74) is 1.22. The van der Waals surface area contributed by atoms with Gasteiger partial charge in [0.2, 0.25) is 0 Å². The van der Waals surface area contributed by atoms with Gasteiger partial charge in [0, 0.05) is 6.42 Å².